The van der Waals surface area contributed by atoms with Crippen LogP contribution < -0.4 is 9.80 Å². The van der Waals surface area contributed by atoms with E-state index in [1.807, 2.05) is 48.2 Å². The largest absolute Gasteiger partial charge is 0.367 e. The van der Waals surface area contributed by atoms with E-state index in [1.165, 1.54) is 0 Å². The van der Waals surface area contributed by atoms with E-state index in [0.29, 0.717) is 24.6 Å². The van der Waals surface area contributed by atoms with Crippen molar-refractivity contribution in [3.63, 3.8) is 0 Å². The van der Waals surface area contributed by atoms with Crippen molar-refractivity contribution in [3.8, 4) is 0 Å². The molecule has 4 rings (SSSR count). The van der Waals surface area contributed by atoms with Crippen LogP contribution in [0.3, 0.4) is 0 Å². The molecular formula is C21H21ClN4O2. The monoisotopic (exact) mass is 396 g/mol. The summed E-state index contributed by atoms with van der Waals surface area (Å²) in [6.45, 7) is 4.85. The normalized spacial score (nSPS) is 17.8. The predicted molar refractivity (Wildman–Crippen MR) is 111 cm³/mol. The fraction of sp³-hybridized carbons (Fsp3) is 0.286. The maximum atomic E-state index is 12.6. The molecule has 0 saturated carbocycles. The lowest BCUT2D eigenvalue weighted by Crippen LogP contribution is -2.52. The van der Waals surface area contributed by atoms with Crippen molar-refractivity contribution in [1.82, 2.24) is 4.90 Å². The van der Waals surface area contributed by atoms with Crippen LogP contribution in [0.25, 0.3) is 0 Å². The van der Waals surface area contributed by atoms with Gasteiger partial charge in [-0.25, -0.2) is 9.69 Å². The molecule has 2 aromatic carbocycles. The number of hydrogen-bond donors (Lipinski definition) is 0. The summed E-state index contributed by atoms with van der Waals surface area (Å²) in [6.07, 6.45) is 0.131. The van der Waals surface area contributed by atoms with Crippen LogP contribution in [0.2, 0.25) is 5.02 Å². The van der Waals surface area contributed by atoms with Crippen LogP contribution in [0.5, 0.6) is 0 Å². The minimum atomic E-state index is -0.524. The molecule has 2 aromatic rings. The summed E-state index contributed by atoms with van der Waals surface area (Å²) in [4.78, 5) is 34.8. The van der Waals surface area contributed by atoms with Crippen molar-refractivity contribution in [2.45, 2.75) is 13.3 Å². The third-order valence-corrected chi connectivity index (χ3v) is 5.42. The van der Waals surface area contributed by atoms with Crippen LogP contribution in [0.4, 0.5) is 16.2 Å². The van der Waals surface area contributed by atoms with Crippen LogP contribution in [0.1, 0.15) is 12.0 Å². The molecule has 144 valence electrons. The van der Waals surface area contributed by atoms with E-state index >= 15 is 0 Å². The summed E-state index contributed by atoms with van der Waals surface area (Å²) in [7, 11) is 0. The van der Waals surface area contributed by atoms with Crippen molar-refractivity contribution in [2.75, 3.05) is 36.0 Å². The number of rotatable bonds is 2. The molecule has 0 bridgehead atoms. The van der Waals surface area contributed by atoms with Gasteiger partial charge in [0, 0.05) is 26.2 Å². The fourth-order valence-corrected chi connectivity index (χ4v) is 3.82. The summed E-state index contributed by atoms with van der Waals surface area (Å²) in [5.41, 5.74) is 2.64. The molecule has 7 heteroatoms. The summed E-state index contributed by atoms with van der Waals surface area (Å²) in [6, 6.07) is 14.5. The van der Waals surface area contributed by atoms with Gasteiger partial charge in [0.25, 0.3) is 0 Å². The number of benzene rings is 2. The van der Waals surface area contributed by atoms with Gasteiger partial charge in [-0.05, 0) is 31.2 Å². The molecule has 28 heavy (non-hydrogen) atoms. The number of nitrogens with zero attached hydrogens (tertiary/aromatic N) is 4. The second kappa shape index (κ2) is 7.64. The van der Waals surface area contributed by atoms with Gasteiger partial charge in [0.05, 0.1) is 22.8 Å². The first kappa shape index (κ1) is 18.5. The SMILES string of the molecule is Cc1ccc(N2C(=O)CC(N3CCN(c4ccccc4Cl)CC3)=NC2=O)cc1. The number of amidine groups is 1. The number of urea groups is 1. The average Bonchev–Trinajstić information content (AvgIpc) is 2.69. The molecular weight excluding hydrogens is 376 g/mol. The summed E-state index contributed by atoms with van der Waals surface area (Å²) >= 11 is 6.29. The van der Waals surface area contributed by atoms with E-state index in [4.69, 9.17) is 11.6 Å². The molecule has 2 aliphatic rings. The van der Waals surface area contributed by atoms with Crippen LogP contribution in [-0.2, 0) is 4.79 Å². The maximum absolute atomic E-state index is 12.6. The number of halogens is 1. The first-order valence-corrected chi connectivity index (χ1v) is 9.66. The Bertz CT molecular complexity index is 934. The number of aliphatic imine (C=N–C) groups is 1. The van der Waals surface area contributed by atoms with Crippen LogP contribution in [0.15, 0.2) is 53.5 Å². The molecule has 0 atom stereocenters. The van der Waals surface area contributed by atoms with Gasteiger partial charge >= 0.3 is 6.03 Å². The lowest BCUT2D eigenvalue weighted by Gasteiger charge is -2.39. The molecule has 2 aliphatic heterocycles. The Labute approximate surface area is 169 Å². The number of aryl methyl sites for hydroxylation is 1. The zero-order valence-electron chi connectivity index (χ0n) is 15.6. The van der Waals surface area contributed by atoms with Gasteiger partial charge in [-0.1, -0.05) is 41.4 Å². The van der Waals surface area contributed by atoms with E-state index in [0.717, 1.165) is 34.3 Å². The average molecular weight is 397 g/mol. The predicted octanol–water partition coefficient (Wildman–Crippen LogP) is 3.73. The first-order valence-electron chi connectivity index (χ1n) is 9.28. The van der Waals surface area contributed by atoms with Crippen LogP contribution in [0, 0.1) is 6.92 Å². The summed E-state index contributed by atoms with van der Waals surface area (Å²) in [5, 5.41) is 0.727. The molecule has 0 unspecified atom stereocenters. The summed E-state index contributed by atoms with van der Waals surface area (Å²) in [5.74, 6) is 0.310. The van der Waals surface area contributed by atoms with Gasteiger partial charge in [0.2, 0.25) is 5.91 Å². The Morgan fingerprint density at radius 1 is 0.893 bits per heavy atom. The molecule has 1 saturated heterocycles. The Balaban J connectivity index is 1.45. The van der Waals surface area contributed by atoms with E-state index < -0.39 is 6.03 Å². The molecule has 2 heterocycles. The number of hydrogen-bond acceptors (Lipinski definition) is 4. The molecule has 0 aromatic heterocycles. The van der Waals surface area contributed by atoms with Crippen molar-refractivity contribution in [1.29, 1.82) is 0 Å². The third-order valence-electron chi connectivity index (χ3n) is 5.10. The number of anilines is 2. The Hall–Kier alpha value is -2.86. The molecule has 6 nitrogen and oxygen atoms in total. The van der Waals surface area contributed by atoms with Gasteiger partial charge in [-0.2, -0.15) is 4.99 Å². The smallest absolute Gasteiger partial charge is 0.356 e. The van der Waals surface area contributed by atoms with Crippen LogP contribution in [-0.4, -0.2) is 48.9 Å². The van der Waals surface area contributed by atoms with E-state index in [1.54, 1.807) is 12.1 Å². The molecule has 0 N–H and O–H groups in total. The summed E-state index contributed by atoms with van der Waals surface area (Å²) < 4.78 is 0. The van der Waals surface area contributed by atoms with Gasteiger partial charge in [0.1, 0.15) is 5.84 Å². The zero-order valence-corrected chi connectivity index (χ0v) is 16.4. The number of piperazine rings is 1. The van der Waals surface area contributed by atoms with Crippen molar-refractivity contribution in [3.05, 3.63) is 59.1 Å². The van der Waals surface area contributed by atoms with Crippen LogP contribution >= 0.6 is 11.6 Å². The highest BCUT2D eigenvalue weighted by molar-refractivity contribution is 6.33. The second-order valence-electron chi connectivity index (χ2n) is 6.98. The number of para-hydroxylation sites is 1. The first-order chi connectivity index (χ1) is 13.5. The van der Waals surface area contributed by atoms with Gasteiger partial charge in [-0.3, -0.25) is 4.79 Å². The molecule has 3 amide bonds. The molecule has 0 aliphatic carbocycles. The molecule has 0 spiro atoms. The van der Waals surface area contributed by atoms with E-state index in [-0.39, 0.29) is 12.3 Å². The highest BCUT2D eigenvalue weighted by Crippen LogP contribution is 2.27. The van der Waals surface area contributed by atoms with Gasteiger partial charge in [-0.15, -0.1) is 0 Å². The quantitative estimate of drug-likeness (QED) is 0.776. The minimum Gasteiger partial charge on any atom is -0.367 e. The molecule has 0 radical (unpaired) electrons. The van der Waals surface area contributed by atoms with Crippen molar-refractivity contribution < 1.29 is 9.59 Å². The van der Waals surface area contributed by atoms with E-state index in [9.17, 15) is 9.59 Å². The second-order valence-corrected chi connectivity index (χ2v) is 7.38. The van der Waals surface area contributed by atoms with E-state index in [2.05, 4.69) is 9.89 Å². The standard InChI is InChI=1S/C21H21ClN4O2/c1-15-6-8-16(9-7-15)26-20(27)14-19(23-21(26)28)25-12-10-24(11-13-25)18-5-3-2-4-17(18)22/h2-9H,10-14H2,1H3. The zero-order chi connectivity index (χ0) is 19.7. The third kappa shape index (κ3) is 3.60. The number of amides is 3. The Morgan fingerprint density at radius 3 is 2.18 bits per heavy atom. The number of imide groups is 1. The fourth-order valence-electron chi connectivity index (χ4n) is 3.57. The van der Waals surface area contributed by atoms with Gasteiger partial charge < -0.3 is 9.80 Å². The van der Waals surface area contributed by atoms with Crippen molar-refractivity contribution >= 4 is 40.7 Å². The maximum Gasteiger partial charge on any atom is 0.356 e. The van der Waals surface area contributed by atoms with Gasteiger partial charge in [0.15, 0.2) is 0 Å². The number of carbonyl (C=O) groups is 2. The topological polar surface area (TPSA) is 56.2 Å². The molecule has 1 fully saturated rings. The highest BCUT2D eigenvalue weighted by Gasteiger charge is 2.33. The Kier molecular flexibility index (Phi) is 5.05. The number of carbonyl (C=O) groups excluding carboxylic acids is 2. The lowest BCUT2D eigenvalue weighted by molar-refractivity contribution is -0.117. The lowest BCUT2D eigenvalue weighted by atomic mass is 10.1. The van der Waals surface area contributed by atoms with Crippen molar-refractivity contribution in [2.24, 2.45) is 4.99 Å². The highest BCUT2D eigenvalue weighted by atomic mass is 35.5. The Morgan fingerprint density at radius 2 is 1.54 bits per heavy atom. The minimum absolute atomic E-state index is 0.131.